The molecule has 0 aromatic carbocycles. The quantitative estimate of drug-likeness (QED) is 0.483. The Bertz CT molecular complexity index is 809. The van der Waals surface area contributed by atoms with Crippen LogP contribution >= 0.6 is 0 Å². The van der Waals surface area contributed by atoms with Crippen LogP contribution in [-0.4, -0.2) is 24.1 Å². The van der Waals surface area contributed by atoms with Gasteiger partial charge in [-0.05, 0) is 55.9 Å². The zero-order valence-corrected chi connectivity index (χ0v) is 15.5. The van der Waals surface area contributed by atoms with Crippen molar-refractivity contribution in [2.45, 2.75) is 58.0 Å². The predicted molar refractivity (Wildman–Crippen MR) is 94.2 cm³/mol. The lowest BCUT2D eigenvalue weighted by atomic mass is 9.49. The van der Waals surface area contributed by atoms with E-state index in [2.05, 4.69) is 19.9 Å². The van der Waals surface area contributed by atoms with Gasteiger partial charge in [0.25, 0.3) is 0 Å². The first kappa shape index (κ1) is 15.5. The molecule has 1 saturated heterocycles. The van der Waals surface area contributed by atoms with Crippen molar-refractivity contribution >= 4 is 11.9 Å². The first-order valence-electron chi connectivity index (χ1n) is 10.2. The summed E-state index contributed by atoms with van der Waals surface area (Å²) in [7, 11) is 0. The largest absolute Gasteiger partial charge is 0.509 e. The summed E-state index contributed by atoms with van der Waals surface area (Å²) in [4.78, 5) is 23.8. The van der Waals surface area contributed by atoms with Crippen molar-refractivity contribution < 1.29 is 19.1 Å². The van der Waals surface area contributed by atoms with Gasteiger partial charge in [0, 0.05) is 23.2 Å². The second-order valence-corrected chi connectivity index (χ2v) is 9.96. The molecular weight excluding hydrogens is 328 g/mol. The summed E-state index contributed by atoms with van der Waals surface area (Å²) in [5.74, 6) is 2.60. The van der Waals surface area contributed by atoms with E-state index in [-0.39, 0.29) is 10.8 Å². The fourth-order valence-electron chi connectivity index (χ4n) is 7.80. The van der Waals surface area contributed by atoms with E-state index in [0.29, 0.717) is 42.5 Å². The Morgan fingerprint density at radius 3 is 2.81 bits per heavy atom. The molecule has 1 aliphatic heterocycles. The molecule has 0 radical (unpaired) electrons. The highest BCUT2D eigenvalue weighted by atomic mass is 16.8. The lowest BCUT2D eigenvalue weighted by Crippen LogP contribution is -2.54. The SMILES string of the molecule is C[C@]12CCC(=O)C=C1CCC1C2=CC[C@@]2(C)C1[C@@H]1C[C@@H]1[C@@]21COC(=O)O1. The molecule has 4 fully saturated rings. The van der Waals surface area contributed by atoms with Crippen molar-refractivity contribution in [3.63, 3.8) is 0 Å². The third-order valence-corrected chi connectivity index (χ3v) is 9.13. The lowest BCUT2D eigenvalue weighted by molar-refractivity contribution is -0.115. The second-order valence-electron chi connectivity index (χ2n) is 9.96. The van der Waals surface area contributed by atoms with Gasteiger partial charge in [-0.2, -0.15) is 0 Å². The predicted octanol–water partition coefficient (Wildman–Crippen LogP) is 4.20. The van der Waals surface area contributed by atoms with Gasteiger partial charge in [0.15, 0.2) is 11.4 Å². The maximum atomic E-state index is 12.0. The normalized spacial score (nSPS) is 53.6. The molecule has 0 aromatic rings. The topological polar surface area (TPSA) is 52.6 Å². The van der Waals surface area contributed by atoms with Gasteiger partial charge in [-0.25, -0.2) is 4.79 Å². The van der Waals surface area contributed by atoms with Crippen molar-refractivity contribution in [2.75, 3.05) is 6.61 Å². The molecule has 0 aromatic heterocycles. The number of fused-ring (bicyclic) bond motifs is 9. The summed E-state index contributed by atoms with van der Waals surface area (Å²) < 4.78 is 11.2. The molecule has 26 heavy (non-hydrogen) atoms. The van der Waals surface area contributed by atoms with Crippen molar-refractivity contribution in [3.05, 3.63) is 23.3 Å². The van der Waals surface area contributed by atoms with E-state index in [1.165, 1.54) is 12.0 Å². The molecule has 1 spiro atoms. The summed E-state index contributed by atoms with van der Waals surface area (Å²) in [5, 5.41) is 0. The van der Waals surface area contributed by atoms with Crippen LogP contribution in [0.5, 0.6) is 0 Å². The van der Waals surface area contributed by atoms with Gasteiger partial charge in [-0.1, -0.05) is 31.1 Å². The van der Waals surface area contributed by atoms with Gasteiger partial charge in [0.05, 0.1) is 0 Å². The number of ketones is 1. The van der Waals surface area contributed by atoms with E-state index in [9.17, 15) is 9.59 Å². The van der Waals surface area contributed by atoms with E-state index in [1.807, 2.05) is 6.08 Å². The van der Waals surface area contributed by atoms with Gasteiger partial charge in [0.2, 0.25) is 0 Å². The molecule has 6 rings (SSSR count). The average molecular weight is 354 g/mol. The Kier molecular flexibility index (Phi) is 2.65. The summed E-state index contributed by atoms with van der Waals surface area (Å²) in [5.41, 5.74) is 2.60. The standard InChI is InChI=1S/C22H26O4/c1-20-7-5-13(23)9-12(20)3-4-14-16(20)6-8-21(2)18(14)15-10-17(15)22(21)11-25-19(24)26-22/h6,9,14-15,17-18H,3-5,7-8,10-11H2,1-2H3/t14?,15-,17+,18?,20+,21+,22+/m1/s1. The van der Waals surface area contributed by atoms with Crippen molar-refractivity contribution in [3.8, 4) is 0 Å². The van der Waals surface area contributed by atoms with Crippen molar-refractivity contribution in [1.82, 2.24) is 0 Å². The van der Waals surface area contributed by atoms with E-state index in [1.54, 1.807) is 5.57 Å². The first-order valence-corrected chi connectivity index (χ1v) is 10.2. The molecule has 1 heterocycles. The highest BCUT2D eigenvalue weighted by Gasteiger charge is 2.79. The van der Waals surface area contributed by atoms with Crippen LogP contribution in [0.4, 0.5) is 4.79 Å². The van der Waals surface area contributed by atoms with Crippen LogP contribution in [0.25, 0.3) is 0 Å². The van der Waals surface area contributed by atoms with Gasteiger partial charge in [0.1, 0.15) is 6.61 Å². The third-order valence-electron chi connectivity index (χ3n) is 9.13. The van der Waals surface area contributed by atoms with Gasteiger partial charge >= 0.3 is 6.16 Å². The van der Waals surface area contributed by atoms with E-state index in [4.69, 9.17) is 9.47 Å². The Hall–Kier alpha value is -1.58. The van der Waals surface area contributed by atoms with Crippen LogP contribution in [0.2, 0.25) is 0 Å². The van der Waals surface area contributed by atoms with E-state index in [0.717, 1.165) is 25.7 Å². The van der Waals surface area contributed by atoms with Crippen LogP contribution in [0.15, 0.2) is 23.3 Å². The van der Waals surface area contributed by atoms with Crippen LogP contribution in [0.1, 0.15) is 52.4 Å². The summed E-state index contributed by atoms with van der Waals surface area (Å²) in [6, 6.07) is 0. The third kappa shape index (κ3) is 1.55. The highest BCUT2D eigenvalue weighted by Crippen LogP contribution is 2.77. The van der Waals surface area contributed by atoms with Crippen LogP contribution in [-0.2, 0) is 14.3 Å². The molecule has 0 N–H and O–H groups in total. The van der Waals surface area contributed by atoms with Crippen LogP contribution in [0, 0.1) is 34.5 Å². The Morgan fingerprint density at radius 2 is 2.04 bits per heavy atom. The number of allylic oxidation sites excluding steroid dienone is 4. The Balaban J connectivity index is 1.45. The maximum absolute atomic E-state index is 12.0. The average Bonchev–Trinajstić information content (AvgIpc) is 3.24. The summed E-state index contributed by atoms with van der Waals surface area (Å²) in [6.45, 7) is 5.14. The minimum absolute atomic E-state index is 0.0109. The smallest absolute Gasteiger partial charge is 0.430 e. The van der Waals surface area contributed by atoms with Gasteiger partial charge < -0.3 is 9.47 Å². The highest BCUT2D eigenvalue weighted by molar-refractivity contribution is 5.92. The van der Waals surface area contributed by atoms with Crippen molar-refractivity contribution in [1.29, 1.82) is 0 Å². The molecule has 0 amide bonds. The van der Waals surface area contributed by atoms with E-state index < -0.39 is 11.8 Å². The zero-order chi connectivity index (χ0) is 17.9. The van der Waals surface area contributed by atoms with Crippen molar-refractivity contribution in [2.24, 2.45) is 34.5 Å². The second kappa shape index (κ2) is 4.45. The molecule has 4 heteroatoms. The number of rotatable bonds is 0. The lowest BCUT2D eigenvalue weighted by Gasteiger charge is -2.55. The zero-order valence-electron chi connectivity index (χ0n) is 15.5. The monoisotopic (exact) mass is 354 g/mol. The Morgan fingerprint density at radius 1 is 1.19 bits per heavy atom. The van der Waals surface area contributed by atoms with Gasteiger partial charge in [-0.15, -0.1) is 0 Å². The minimum Gasteiger partial charge on any atom is -0.430 e. The number of ether oxygens (including phenoxy) is 2. The molecular formula is C22H26O4. The number of carbonyl (C=O) groups is 2. The molecule has 6 aliphatic rings. The number of hydrogen-bond donors (Lipinski definition) is 0. The number of cyclic esters (lactones) is 1. The summed E-state index contributed by atoms with van der Waals surface area (Å²) >= 11 is 0. The molecule has 7 atom stereocenters. The summed E-state index contributed by atoms with van der Waals surface area (Å²) in [6.07, 6.45) is 9.88. The fraction of sp³-hybridized carbons (Fsp3) is 0.727. The molecule has 0 bridgehead atoms. The van der Waals surface area contributed by atoms with Crippen LogP contribution in [0.3, 0.4) is 0 Å². The molecule has 3 saturated carbocycles. The molecule has 2 unspecified atom stereocenters. The van der Waals surface area contributed by atoms with E-state index >= 15 is 0 Å². The molecule has 138 valence electrons. The molecule has 5 aliphatic carbocycles. The maximum Gasteiger partial charge on any atom is 0.509 e. The number of carbonyl (C=O) groups excluding carboxylic acids is 2. The fourth-order valence-corrected chi connectivity index (χ4v) is 7.80. The van der Waals surface area contributed by atoms with Gasteiger partial charge in [-0.3, -0.25) is 4.79 Å². The number of hydrogen-bond acceptors (Lipinski definition) is 4. The Labute approximate surface area is 154 Å². The minimum atomic E-state index is -0.473. The van der Waals surface area contributed by atoms with Crippen LogP contribution < -0.4 is 0 Å². The molecule has 4 nitrogen and oxygen atoms in total. The first-order chi connectivity index (χ1) is 12.4.